The van der Waals surface area contributed by atoms with Gasteiger partial charge in [0, 0.05) is 25.5 Å². The molecule has 1 fully saturated rings. The smallest absolute Gasteiger partial charge is 0.235 e. The highest BCUT2D eigenvalue weighted by atomic mass is 16.5. The summed E-state index contributed by atoms with van der Waals surface area (Å²) < 4.78 is 11.3. The molecule has 16 heavy (non-hydrogen) atoms. The maximum Gasteiger partial charge on any atom is 0.235 e. The van der Waals surface area contributed by atoms with Crippen molar-refractivity contribution < 1.29 is 9.47 Å². The zero-order chi connectivity index (χ0) is 11.4. The lowest BCUT2D eigenvalue weighted by Gasteiger charge is -2.28. The first-order valence-corrected chi connectivity index (χ1v) is 5.52. The molecule has 2 heterocycles. The van der Waals surface area contributed by atoms with Crippen molar-refractivity contribution in [3.05, 3.63) is 18.1 Å². The molecule has 2 atom stereocenters. The van der Waals surface area contributed by atoms with E-state index in [9.17, 15) is 0 Å². The number of aromatic nitrogens is 2. The summed E-state index contributed by atoms with van der Waals surface area (Å²) in [6.07, 6.45) is 3.61. The third-order valence-electron chi connectivity index (χ3n) is 2.47. The van der Waals surface area contributed by atoms with Crippen molar-refractivity contribution in [3.63, 3.8) is 0 Å². The number of nitrogens with zero attached hydrogens (tertiary/aromatic N) is 2. The van der Waals surface area contributed by atoms with Gasteiger partial charge < -0.3 is 14.8 Å². The van der Waals surface area contributed by atoms with Gasteiger partial charge in [-0.15, -0.1) is 0 Å². The van der Waals surface area contributed by atoms with Crippen LogP contribution in [-0.2, 0) is 4.74 Å². The first kappa shape index (κ1) is 11.3. The highest BCUT2D eigenvalue weighted by Crippen LogP contribution is 2.11. The van der Waals surface area contributed by atoms with Crippen LogP contribution < -0.4 is 10.1 Å². The van der Waals surface area contributed by atoms with Gasteiger partial charge in [0.25, 0.3) is 0 Å². The van der Waals surface area contributed by atoms with Gasteiger partial charge in [-0.25, -0.2) is 4.98 Å². The predicted molar refractivity (Wildman–Crippen MR) is 59.5 cm³/mol. The number of rotatable bonds is 3. The van der Waals surface area contributed by atoms with Gasteiger partial charge >= 0.3 is 0 Å². The molecular formula is C11H17N3O2. The van der Waals surface area contributed by atoms with Crippen molar-refractivity contribution in [3.8, 4) is 5.88 Å². The molecule has 1 aliphatic rings. The van der Waals surface area contributed by atoms with E-state index in [1.165, 1.54) is 0 Å². The van der Waals surface area contributed by atoms with Crippen LogP contribution in [0.3, 0.4) is 0 Å². The fourth-order valence-corrected chi connectivity index (χ4v) is 1.68. The maximum absolute atomic E-state index is 5.71. The third kappa shape index (κ3) is 2.90. The van der Waals surface area contributed by atoms with Gasteiger partial charge in [-0.05, 0) is 13.8 Å². The average molecular weight is 223 g/mol. The van der Waals surface area contributed by atoms with E-state index in [1.54, 1.807) is 12.4 Å². The van der Waals surface area contributed by atoms with Gasteiger partial charge in [0.05, 0.1) is 11.8 Å². The van der Waals surface area contributed by atoms with E-state index >= 15 is 0 Å². The minimum absolute atomic E-state index is 0.0881. The lowest BCUT2D eigenvalue weighted by Crippen LogP contribution is -2.45. The first-order valence-electron chi connectivity index (χ1n) is 5.52. The number of aryl methyl sites for hydroxylation is 1. The highest BCUT2D eigenvalue weighted by molar-refractivity contribution is 5.14. The topological polar surface area (TPSA) is 56.3 Å². The van der Waals surface area contributed by atoms with E-state index in [0.29, 0.717) is 12.5 Å². The fraction of sp³-hybridized carbons (Fsp3) is 0.636. The molecule has 0 spiro atoms. The molecule has 1 N–H and O–H groups in total. The van der Waals surface area contributed by atoms with Crippen LogP contribution in [0.15, 0.2) is 12.4 Å². The third-order valence-corrected chi connectivity index (χ3v) is 2.47. The second-order valence-corrected chi connectivity index (χ2v) is 3.98. The number of hydrogen-bond donors (Lipinski definition) is 1. The Balaban J connectivity index is 1.85. The highest BCUT2D eigenvalue weighted by Gasteiger charge is 2.19. The normalized spacial score (nSPS) is 25.4. The van der Waals surface area contributed by atoms with E-state index in [0.717, 1.165) is 18.8 Å². The largest absolute Gasteiger partial charge is 0.474 e. The Bertz CT molecular complexity index is 346. The van der Waals surface area contributed by atoms with E-state index in [-0.39, 0.29) is 12.2 Å². The van der Waals surface area contributed by atoms with E-state index in [4.69, 9.17) is 9.47 Å². The van der Waals surface area contributed by atoms with Crippen molar-refractivity contribution in [1.82, 2.24) is 15.3 Å². The van der Waals surface area contributed by atoms with Crippen LogP contribution in [-0.4, -0.2) is 41.9 Å². The second-order valence-electron chi connectivity index (χ2n) is 3.98. The lowest BCUT2D eigenvalue weighted by molar-refractivity contribution is -0.0478. The summed E-state index contributed by atoms with van der Waals surface area (Å²) in [6.45, 7) is 6.17. The lowest BCUT2D eigenvalue weighted by atomic mass is 10.2. The standard InChI is InChI=1S/C11H17N3O2/c1-8-5-12-6-10(16-8)7-15-11-9(2)13-3-4-14-11/h3-4,8,10,12H,5-7H2,1-2H3. The Morgan fingerprint density at radius 1 is 1.44 bits per heavy atom. The first-order chi connectivity index (χ1) is 7.75. The fourth-order valence-electron chi connectivity index (χ4n) is 1.68. The quantitative estimate of drug-likeness (QED) is 0.810. The summed E-state index contributed by atoms with van der Waals surface area (Å²) in [6, 6.07) is 0. The Hall–Kier alpha value is -1.20. The summed E-state index contributed by atoms with van der Waals surface area (Å²) in [7, 11) is 0. The SMILES string of the molecule is Cc1nccnc1OCC1CNCC(C)O1. The van der Waals surface area contributed by atoms with Gasteiger partial charge in [0.1, 0.15) is 12.7 Å². The van der Waals surface area contributed by atoms with Crippen molar-refractivity contribution in [1.29, 1.82) is 0 Å². The molecule has 2 unspecified atom stereocenters. The van der Waals surface area contributed by atoms with Gasteiger partial charge in [0.15, 0.2) is 0 Å². The molecule has 0 radical (unpaired) electrons. The number of nitrogens with one attached hydrogen (secondary N) is 1. The van der Waals surface area contributed by atoms with Gasteiger partial charge in [0.2, 0.25) is 5.88 Å². The molecule has 0 bridgehead atoms. The van der Waals surface area contributed by atoms with Crippen LogP contribution in [0.25, 0.3) is 0 Å². The van der Waals surface area contributed by atoms with E-state index in [2.05, 4.69) is 15.3 Å². The molecule has 1 aromatic heterocycles. The molecule has 2 rings (SSSR count). The van der Waals surface area contributed by atoms with Crippen LogP contribution in [0, 0.1) is 6.92 Å². The zero-order valence-electron chi connectivity index (χ0n) is 9.64. The van der Waals surface area contributed by atoms with Crippen molar-refractivity contribution in [2.75, 3.05) is 19.7 Å². The van der Waals surface area contributed by atoms with Crippen molar-refractivity contribution in [2.45, 2.75) is 26.1 Å². The average Bonchev–Trinajstić information content (AvgIpc) is 2.28. The Morgan fingerprint density at radius 2 is 2.25 bits per heavy atom. The molecule has 0 aliphatic carbocycles. The van der Waals surface area contributed by atoms with Crippen molar-refractivity contribution >= 4 is 0 Å². The van der Waals surface area contributed by atoms with E-state index < -0.39 is 0 Å². The summed E-state index contributed by atoms with van der Waals surface area (Å²) in [5.74, 6) is 0.587. The summed E-state index contributed by atoms with van der Waals surface area (Å²) >= 11 is 0. The summed E-state index contributed by atoms with van der Waals surface area (Å²) in [5, 5.41) is 3.29. The molecule has 5 nitrogen and oxygen atoms in total. The molecule has 0 saturated carbocycles. The minimum Gasteiger partial charge on any atom is -0.474 e. The molecule has 1 aliphatic heterocycles. The van der Waals surface area contributed by atoms with Gasteiger partial charge in [-0.1, -0.05) is 0 Å². The van der Waals surface area contributed by atoms with Gasteiger partial charge in [-0.3, -0.25) is 4.98 Å². The number of morpholine rings is 1. The number of hydrogen-bond acceptors (Lipinski definition) is 5. The molecule has 5 heteroatoms. The van der Waals surface area contributed by atoms with Crippen LogP contribution >= 0.6 is 0 Å². The van der Waals surface area contributed by atoms with Crippen LogP contribution in [0.1, 0.15) is 12.6 Å². The molecule has 0 aromatic carbocycles. The van der Waals surface area contributed by atoms with Crippen LogP contribution in [0.5, 0.6) is 5.88 Å². The van der Waals surface area contributed by atoms with Crippen molar-refractivity contribution in [2.24, 2.45) is 0 Å². The summed E-state index contributed by atoms with van der Waals surface area (Å²) in [5.41, 5.74) is 0.805. The Labute approximate surface area is 95.2 Å². The minimum atomic E-state index is 0.0881. The molecule has 0 amide bonds. The number of ether oxygens (including phenoxy) is 2. The Morgan fingerprint density at radius 3 is 3.00 bits per heavy atom. The molecule has 1 aromatic rings. The monoisotopic (exact) mass is 223 g/mol. The predicted octanol–water partition coefficient (Wildman–Crippen LogP) is 0.541. The summed E-state index contributed by atoms with van der Waals surface area (Å²) in [4.78, 5) is 8.23. The Kier molecular flexibility index (Phi) is 3.69. The van der Waals surface area contributed by atoms with Crippen LogP contribution in [0.2, 0.25) is 0 Å². The molecular weight excluding hydrogens is 206 g/mol. The second kappa shape index (κ2) is 5.23. The maximum atomic E-state index is 5.71. The van der Waals surface area contributed by atoms with Crippen LogP contribution in [0.4, 0.5) is 0 Å². The zero-order valence-corrected chi connectivity index (χ0v) is 9.64. The van der Waals surface area contributed by atoms with E-state index in [1.807, 2.05) is 13.8 Å². The molecule has 88 valence electrons. The molecule has 1 saturated heterocycles. The van der Waals surface area contributed by atoms with Gasteiger partial charge in [-0.2, -0.15) is 0 Å².